The van der Waals surface area contributed by atoms with E-state index < -0.39 is 5.97 Å². The van der Waals surface area contributed by atoms with Crippen LogP contribution in [0.1, 0.15) is 17.3 Å². The van der Waals surface area contributed by atoms with Gasteiger partial charge in [0.15, 0.2) is 0 Å². The number of hydrogen-bond acceptors (Lipinski definition) is 6. The maximum absolute atomic E-state index is 12.9. The molecule has 0 unspecified atom stereocenters. The van der Waals surface area contributed by atoms with Crippen LogP contribution in [0.4, 0.5) is 11.5 Å². The number of rotatable bonds is 5. The molecule has 0 spiro atoms. The predicted molar refractivity (Wildman–Crippen MR) is 109 cm³/mol. The molecule has 0 aliphatic carbocycles. The molecule has 2 heterocycles. The topological polar surface area (TPSA) is 83.1 Å². The number of methoxy groups -OCH3 is 1. The van der Waals surface area contributed by atoms with E-state index in [1.54, 1.807) is 35.4 Å². The maximum atomic E-state index is 12.9. The standard InChI is InChI=1S/C21H24N4O4/c1-16(26)25(18-8-4-3-7-17(18)21(28)29-2)15-20(27)24-13-11-23(12-14-24)19-9-5-6-10-22-19/h3-10H,11-15H2,1-2H3. The lowest BCUT2D eigenvalue weighted by atomic mass is 10.1. The van der Waals surface area contributed by atoms with Gasteiger partial charge in [0.25, 0.3) is 0 Å². The number of pyridine rings is 1. The van der Waals surface area contributed by atoms with Crippen molar-refractivity contribution in [3.8, 4) is 0 Å². The van der Waals surface area contributed by atoms with Gasteiger partial charge in [-0.25, -0.2) is 9.78 Å². The van der Waals surface area contributed by atoms with Gasteiger partial charge in [-0.3, -0.25) is 9.59 Å². The number of ether oxygens (including phenoxy) is 1. The highest BCUT2D eigenvalue weighted by Crippen LogP contribution is 2.22. The lowest BCUT2D eigenvalue weighted by Gasteiger charge is -2.36. The van der Waals surface area contributed by atoms with E-state index in [9.17, 15) is 14.4 Å². The summed E-state index contributed by atoms with van der Waals surface area (Å²) in [7, 11) is 1.28. The third kappa shape index (κ3) is 4.71. The van der Waals surface area contributed by atoms with Crippen molar-refractivity contribution in [3.05, 3.63) is 54.2 Å². The van der Waals surface area contributed by atoms with Crippen LogP contribution >= 0.6 is 0 Å². The Morgan fingerprint density at radius 2 is 1.72 bits per heavy atom. The minimum absolute atomic E-state index is 0.132. The van der Waals surface area contributed by atoms with E-state index in [2.05, 4.69) is 9.88 Å². The molecule has 1 fully saturated rings. The van der Waals surface area contributed by atoms with Crippen LogP contribution < -0.4 is 9.80 Å². The number of nitrogens with zero attached hydrogens (tertiary/aromatic N) is 4. The molecule has 1 saturated heterocycles. The molecule has 1 aliphatic heterocycles. The van der Waals surface area contributed by atoms with E-state index in [-0.39, 0.29) is 23.9 Å². The van der Waals surface area contributed by atoms with Crippen LogP contribution in [0.5, 0.6) is 0 Å². The van der Waals surface area contributed by atoms with E-state index in [0.717, 1.165) is 5.82 Å². The molecule has 8 heteroatoms. The maximum Gasteiger partial charge on any atom is 0.339 e. The highest BCUT2D eigenvalue weighted by molar-refractivity contribution is 6.04. The normalized spacial score (nSPS) is 13.7. The SMILES string of the molecule is COC(=O)c1ccccc1N(CC(=O)N1CCN(c2ccccn2)CC1)C(C)=O. The molecule has 0 saturated carbocycles. The summed E-state index contributed by atoms with van der Waals surface area (Å²) in [4.78, 5) is 46.7. The molecule has 29 heavy (non-hydrogen) atoms. The molecular weight excluding hydrogens is 372 g/mol. The smallest absolute Gasteiger partial charge is 0.339 e. The number of esters is 1. The fourth-order valence-corrected chi connectivity index (χ4v) is 3.32. The number of carbonyl (C=O) groups is 3. The van der Waals surface area contributed by atoms with E-state index in [1.165, 1.54) is 18.9 Å². The molecule has 0 bridgehead atoms. The van der Waals surface area contributed by atoms with Gasteiger partial charge in [-0.15, -0.1) is 0 Å². The van der Waals surface area contributed by atoms with Gasteiger partial charge in [0, 0.05) is 39.3 Å². The van der Waals surface area contributed by atoms with Gasteiger partial charge in [-0.2, -0.15) is 0 Å². The van der Waals surface area contributed by atoms with Crippen molar-refractivity contribution < 1.29 is 19.1 Å². The van der Waals surface area contributed by atoms with Gasteiger partial charge in [0.05, 0.1) is 18.4 Å². The first kappa shape index (κ1) is 20.3. The molecule has 8 nitrogen and oxygen atoms in total. The minimum Gasteiger partial charge on any atom is -0.465 e. The van der Waals surface area contributed by atoms with Crippen LogP contribution in [0.2, 0.25) is 0 Å². The van der Waals surface area contributed by atoms with Crippen LogP contribution in [0.3, 0.4) is 0 Å². The monoisotopic (exact) mass is 396 g/mol. The number of piperazine rings is 1. The largest absolute Gasteiger partial charge is 0.465 e. The van der Waals surface area contributed by atoms with E-state index in [1.807, 2.05) is 18.2 Å². The Labute approximate surface area is 169 Å². The second-order valence-corrected chi connectivity index (χ2v) is 6.67. The first-order valence-electron chi connectivity index (χ1n) is 9.40. The molecule has 0 N–H and O–H groups in total. The second-order valence-electron chi connectivity index (χ2n) is 6.67. The molecule has 2 aromatic rings. The van der Waals surface area contributed by atoms with Crippen LogP contribution in [-0.2, 0) is 14.3 Å². The van der Waals surface area contributed by atoms with E-state index in [0.29, 0.717) is 31.9 Å². The highest BCUT2D eigenvalue weighted by atomic mass is 16.5. The van der Waals surface area contributed by atoms with E-state index in [4.69, 9.17) is 4.74 Å². The third-order valence-electron chi connectivity index (χ3n) is 4.88. The summed E-state index contributed by atoms with van der Waals surface area (Å²) in [5.74, 6) is -0.150. The van der Waals surface area contributed by atoms with Gasteiger partial charge in [0.1, 0.15) is 12.4 Å². The minimum atomic E-state index is -0.553. The van der Waals surface area contributed by atoms with E-state index >= 15 is 0 Å². The van der Waals surface area contributed by atoms with Gasteiger partial charge in [-0.05, 0) is 24.3 Å². The van der Waals surface area contributed by atoms with Gasteiger partial charge < -0.3 is 19.4 Å². The number of aromatic nitrogens is 1. The van der Waals surface area contributed by atoms with Crippen molar-refractivity contribution in [2.24, 2.45) is 0 Å². The highest BCUT2D eigenvalue weighted by Gasteiger charge is 2.26. The van der Waals surface area contributed by atoms with Gasteiger partial charge >= 0.3 is 5.97 Å². The van der Waals surface area contributed by atoms with Crippen molar-refractivity contribution in [1.82, 2.24) is 9.88 Å². The fraction of sp³-hybridized carbons (Fsp3) is 0.333. The summed E-state index contributed by atoms with van der Waals surface area (Å²) < 4.78 is 4.80. The zero-order chi connectivity index (χ0) is 20.8. The lowest BCUT2D eigenvalue weighted by molar-refractivity contribution is -0.131. The van der Waals surface area contributed by atoms with Gasteiger partial charge in [-0.1, -0.05) is 18.2 Å². The first-order chi connectivity index (χ1) is 14.0. The summed E-state index contributed by atoms with van der Waals surface area (Å²) in [6, 6.07) is 12.4. The number of para-hydroxylation sites is 1. The Balaban J connectivity index is 1.69. The summed E-state index contributed by atoms with van der Waals surface area (Å²) in [6.07, 6.45) is 1.75. The Morgan fingerprint density at radius 1 is 1.03 bits per heavy atom. The number of hydrogen-bond donors (Lipinski definition) is 0. The Hall–Kier alpha value is -3.42. The summed E-state index contributed by atoms with van der Waals surface area (Å²) >= 11 is 0. The van der Waals surface area contributed by atoms with Crippen LogP contribution in [-0.4, -0.2) is 67.5 Å². The predicted octanol–water partition coefficient (Wildman–Crippen LogP) is 1.57. The van der Waals surface area contributed by atoms with Crippen molar-refractivity contribution >= 4 is 29.3 Å². The molecule has 0 radical (unpaired) electrons. The molecule has 1 aromatic heterocycles. The number of benzene rings is 1. The Kier molecular flexibility index (Phi) is 6.43. The fourth-order valence-electron chi connectivity index (χ4n) is 3.32. The Bertz CT molecular complexity index is 879. The molecule has 152 valence electrons. The molecule has 2 amide bonds. The van der Waals surface area contributed by atoms with Gasteiger partial charge in [0.2, 0.25) is 11.8 Å². The summed E-state index contributed by atoms with van der Waals surface area (Å²) in [5.41, 5.74) is 0.616. The zero-order valence-electron chi connectivity index (χ0n) is 16.6. The second kappa shape index (κ2) is 9.18. The van der Waals surface area contributed by atoms with Crippen LogP contribution in [0.15, 0.2) is 48.7 Å². The number of amides is 2. The zero-order valence-corrected chi connectivity index (χ0v) is 16.6. The quantitative estimate of drug-likeness (QED) is 0.714. The van der Waals surface area contributed by atoms with Crippen LogP contribution in [0, 0.1) is 0 Å². The van der Waals surface area contributed by atoms with Crippen molar-refractivity contribution in [2.75, 3.05) is 49.6 Å². The lowest BCUT2D eigenvalue weighted by Crippen LogP contribution is -2.52. The molecular formula is C21H24N4O4. The third-order valence-corrected chi connectivity index (χ3v) is 4.88. The van der Waals surface area contributed by atoms with Crippen molar-refractivity contribution in [2.45, 2.75) is 6.92 Å². The summed E-state index contributed by atoms with van der Waals surface area (Å²) in [6.45, 7) is 3.66. The molecule has 0 atom stereocenters. The van der Waals surface area contributed by atoms with Crippen molar-refractivity contribution in [3.63, 3.8) is 0 Å². The summed E-state index contributed by atoms with van der Waals surface area (Å²) in [5, 5.41) is 0. The van der Waals surface area contributed by atoms with Crippen molar-refractivity contribution in [1.29, 1.82) is 0 Å². The first-order valence-corrected chi connectivity index (χ1v) is 9.40. The average Bonchev–Trinajstić information content (AvgIpc) is 2.77. The molecule has 1 aliphatic rings. The number of carbonyl (C=O) groups excluding carboxylic acids is 3. The molecule has 3 rings (SSSR count). The van der Waals surface area contributed by atoms with Crippen LogP contribution in [0.25, 0.3) is 0 Å². The average molecular weight is 396 g/mol. The molecule has 1 aromatic carbocycles. The number of anilines is 2. The Morgan fingerprint density at radius 3 is 2.34 bits per heavy atom.